The van der Waals surface area contributed by atoms with Crippen molar-refractivity contribution < 1.29 is 19.0 Å². The molecule has 0 unspecified atom stereocenters. The Balaban J connectivity index is 2.00. The molecule has 3 rings (SSSR count). The minimum atomic E-state index is -0.200. The summed E-state index contributed by atoms with van der Waals surface area (Å²) in [6.07, 6.45) is 1.69. The number of rotatable bonds is 8. The maximum atomic E-state index is 12.7. The van der Waals surface area contributed by atoms with E-state index in [1.807, 2.05) is 36.4 Å². The molecule has 6 heteroatoms. The van der Waals surface area contributed by atoms with E-state index in [1.54, 1.807) is 11.0 Å². The summed E-state index contributed by atoms with van der Waals surface area (Å²) in [5.41, 5.74) is 2.59. The van der Waals surface area contributed by atoms with E-state index < -0.39 is 0 Å². The van der Waals surface area contributed by atoms with E-state index in [2.05, 4.69) is 20.4 Å². The number of amides is 1. The summed E-state index contributed by atoms with van der Waals surface area (Å²) < 4.78 is 16.9. The van der Waals surface area contributed by atoms with Gasteiger partial charge in [-0.2, -0.15) is 0 Å². The Morgan fingerprint density at radius 3 is 2.82 bits per heavy atom. The SMILES string of the molecule is C=CCOc1ccccc1CN(C(=O)CCl)c1cc2c(c(C(C)C)c1)OCO2. The first kappa shape index (κ1) is 20.1. The van der Waals surface area contributed by atoms with Crippen molar-refractivity contribution in [1.82, 2.24) is 0 Å². The first-order valence-electron chi connectivity index (χ1n) is 9.16. The van der Waals surface area contributed by atoms with Gasteiger partial charge in [0.2, 0.25) is 12.7 Å². The number of alkyl halides is 1. The molecular weight excluding hydrogens is 378 g/mol. The highest BCUT2D eigenvalue weighted by molar-refractivity contribution is 6.29. The number of hydrogen-bond donors (Lipinski definition) is 0. The van der Waals surface area contributed by atoms with Gasteiger partial charge in [-0.05, 0) is 18.1 Å². The van der Waals surface area contributed by atoms with Crippen LogP contribution < -0.4 is 19.1 Å². The molecule has 0 atom stereocenters. The van der Waals surface area contributed by atoms with E-state index in [1.165, 1.54) is 0 Å². The van der Waals surface area contributed by atoms with Gasteiger partial charge < -0.3 is 19.1 Å². The normalized spacial score (nSPS) is 12.1. The van der Waals surface area contributed by atoms with Crippen molar-refractivity contribution in [3.8, 4) is 17.2 Å². The smallest absolute Gasteiger partial charge is 0.242 e. The monoisotopic (exact) mass is 401 g/mol. The number of halogens is 1. The van der Waals surface area contributed by atoms with Crippen molar-refractivity contribution in [3.63, 3.8) is 0 Å². The first-order valence-corrected chi connectivity index (χ1v) is 9.70. The maximum Gasteiger partial charge on any atom is 0.242 e. The fraction of sp³-hybridized carbons (Fsp3) is 0.318. The van der Waals surface area contributed by atoms with Crippen molar-refractivity contribution in [2.45, 2.75) is 26.3 Å². The zero-order chi connectivity index (χ0) is 20.1. The third kappa shape index (κ3) is 4.25. The van der Waals surface area contributed by atoms with Crippen molar-refractivity contribution in [2.75, 3.05) is 24.2 Å². The van der Waals surface area contributed by atoms with Gasteiger partial charge in [0, 0.05) is 22.9 Å². The number of carbonyl (C=O) groups excluding carboxylic acids is 1. The van der Waals surface area contributed by atoms with Crippen LogP contribution in [0.15, 0.2) is 49.1 Å². The number of anilines is 1. The zero-order valence-corrected chi connectivity index (χ0v) is 16.9. The fourth-order valence-electron chi connectivity index (χ4n) is 3.10. The van der Waals surface area contributed by atoms with Gasteiger partial charge >= 0.3 is 0 Å². The molecule has 2 aromatic rings. The summed E-state index contributed by atoms with van der Waals surface area (Å²) in [5.74, 6) is 1.98. The highest BCUT2D eigenvalue weighted by Gasteiger charge is 2.25. The number of para-hydroxylation sites is 1. The lowest BCUT2D eigenvalue weighted by Crippen LogP contribution is -2.31. The molecule has 0 bridgehead atoms. The minimum Gasteiger partial charge on any atom is -0.489 e. The predicted octanol–water partition coefficient (Wildman–Crippen LogP) is 4.88. The second-order valence-electron chi connectivity index (χ2n) is 6.74. The summed E-state index contributed by atoms with van der Waals surface area (Å²) in [6.45, 7) is 8.74. The number of fused-ring (bicyclic) bond motifs is 1. The highest BCUT2D eigenvalue weighted by Crippen LogP contribution is 2.43. The van der Waals surface area contributed by atoms with E-state index in [0.29, 0.717) is 24.7 Å². The molecule has 28 heavy (non-hydrogen) atoms. The Hall–Kier alpha value is -2.66. The predicted molar refractivity (Wildman–Crippen MR) is 111 cm³/mol. The fourth-order valence-corrected chi connectivity index (χ4v) is 3.24. The molecule has 0 saturated carbocycles. The van der Waals surface area contributed by atoms with Gasteiger partial charge in [-0.25, -0.2) is 0 Å². The van der Waals surface area contributed by atoms with E-state index in [-0.39, 0.29) is 24.5 Å². The van der Waals surface area contributed by atoms with Gasteiger partial charge in [0.1, 0.15) is 18.2 Å². The Kier molecular flexibility index (Phi) is 6.47. The van der Waals surface area contributed by atoms with Gasteiger partial charge in [0.25, 0.3) is 0 Å². The Bertz CT molecular complexity index is 866. The van der Waals surface area contributed by atoms with Crippen LogP contribution in [0.5, 0.6) is 17.2 Å². The molecule has 1 aliphatic heterocycles. The van der Waals surface area contributed by atoms with Crippen LogP contribution in [0.3, 0.4) is 0 Å². The molecule has 0 spiro atoms. The molecule has 1 heterocycles. The van der Waals surface area contributed by atoms with Crippen LogP contribution in [0.25, 0.3) is 0 Å². The van der Waals surface area contributed by atoms with E-state index in [0.717, 1.165) is 22.6 Å². The van der Waals surface area contributed by atoms with Crippen LogP contribution in [0.1, 0.15) is 30.9 Å². The van der Waals surface area contributed by atoms with E-state index in [4.69, 9.17) is 25.8 Å². The Labute approximate surface area is 170 Å². The number of hydrogen-bond acceptors (Lipinski definition) is 4. The third-order valence-corrected chi connectivity index (χ3v) is 4.72. The Morgan fingerprint density at radius 2 is 2.11 bits per heavy atom. The third-order valence-electron chi connectivity index (χ3n) is 4.49. The minimum absolute atomic E-state index is 0.124. The molecule has 2 aromatic carbocycles. The van der Waals surface area contributed by atoms with Crippen molar-refractivity contribution in [3.05, 3.63) is 60.2 Å². The van der Waals surface area contributed by atoms with Gasteiger partial charge in [-0.1, -0.05) is 44.7 Å². The number of nitrogens with zero attached hydrogens (tertiary/aromatic N) is 1. The average Bonchev–Trinajstić information content (AvgIpc) is 3.18. The molecule has 0 radical (unpaired) electrons. The van der Waals surface area contributed by atoms with Gasteiger partial charge in [-0.15, -0.1) is 11.6 Å². The molecule has 1 aliphatic rings. The zero-order valence-electron chi connectivity index (χ0n) is 16.1. The Morgan fingerprint density at radius 1 is 1.32 bits per heavy atom. The van der Waals surface area contributed by atoms with E-state index in [9.17, 15) is 4.79 Å². The molecule has 0 aliphatic carbocycles. The molecule has 1 amide bonds. The molecule has 148 valence electrons. The van der Waals surface area contributed by atoms with Crippen molar-refractivity contribution >= 4 is 23.2 Å². The quantitative estimate of drug-likeness (QED) is 0.467. The molecule has 0 saturated heterocycles. The van der Waals surface area contributed by atoms with Gasteiger partial charge in [-0.3, -0.25) is 4.79 Å². The summed E-state index contributed by atoms with van der Waals surface area (Å²) in [5, 5.41) is 0. The van der Waals surface area contributed by atoms with Gasteiger partial charge in [0.05, 0.1) is 6.54 Å². The first-order chi connectivity index (χ1) is 13.5. The lowest BCUT2D eigenvalue weighted by Gasteiger charge is -2.25. The summed E-state index contributed by atoms with van der Waals surface area (Å²) >= 11 is 5.91. The van der Waals surface area contributed by atoms with Crippen LogP contribution in [0, 0.1) is 0 Å². The lowest BCUT2D eigenvalue weighted by atomic mass is 10.00. The van der Waals surface area contributed by atoms with Crippen LogP contribution in [-0.4, -0.2) is 25.2 Å². The molecule has 0 N–H and O–H groups in total. The number of ether oxygens (including phenoxy) is 3. The lowest BCUT2D eigenvalue weighted by molar-refractivity contribution is -0.116. The van der Waals surface area contributed by atoms with E-state index >= 15 is 0 Å². The van der Waals surface area contributed by atoms with Crippen LogP contribution in [0.4, 0.5) is 5.69 Å². The standard InChI is InChI=1S/C22H24ClNO4/c1-4-9-26-19-8-6-5-7-16(19)13-24(21(25)12-23)17-10-18(15(2)3)22-20(11-17)27-14-28-22/h4-8,10-11,15H,1,9,12-14H2,2-3H3. The maximum absolute atomic E-state index is 12.7. The second-order valence-corrected chi connectivity index (χ2v) is 7.01. The average molecular weight is 402 g/mol. The van der Waals surface area contributed by atoms with Gasteiger partial charge in [0.15, 0.2) is 11.5 Å². The summed E-state index contributed by atoms with van der Waals surface area (Å²) in [6, 6.07) is 11.4. The van der Waals surface area contributed by atoms with Crippen LogP contribution in [-0.2, 0) is 11.3 Å². The van der Waals surface area contributed by atoms with Crippen molar-refractivity contribution in [2.24, 2.45) is 0 Å². The second kappa shape index (κ2) is 9.02. The molecule has 0 aromatic heterocycles. The summed E-state index contributed by atoms with van der Waals surface area (Å²) in [7, 11) is 0. The largest absolute Gasteiger partial charge is 0.489 e. The number of carbonyl (C=O) groups is 1. The highest BCUT2D eigenvalue weighted by atomic mass is 35.5. The molecular formula is C22H24ClNO4. The molecule has 5 nitrogen and oxygen atoms in total. The van der Waals surface area contributed by atoms with Crippen LogP contribution in [0.2, 0.25) is 0 Å². The molecule has 0 fully saturated rings. The van der Waals surface area contributed by atoms with Crippen molar-refractivity contribution in [1.29, 1.82) is 0 Å². The number of benzene rings is 2. The summed E-state index contributed by atoms with van der Waals surface area (Å²) in [4.78, 5) is 14.3. The van der Waals surface area contributed by atoms with Crippen LogP contribution >= 0.6 is 11.6 Å². The topological polar surface area (TPSA) is 48.0 Å².